The maximum atomic E-state index is 12.5. The zero-order valence-corrected chi connectivity index (χ0v) is 18.2. The van der Waals surface area contributed by atoms with Gasteiger partial charge in [0.15, 0.2) is 11.8 Å². The van der Waals surface area contributed by atoms with Crippen molar-refractivity contribution in [3.63, 3.8) is 0 Å². The Hall–Kier alpha value is -2.83. The number of guanidine groups is 1. The average Bonchev–Trinajstić information content (AvgIpc) is 3.23. The van der Waals surface area contributed by atoms with Gasteiger partial charge in [-0.1, -0.05) is 36.4 Å². The first kappa shape index (κ1) is 23.4. The molecule has 3 N–H and O–H groups in total. The third kappa shape index (κ3) is 6.90. The molecule has 0 bridgehead atoms. The van der Waals surface area contributed by atoms with Gasteiger partial charge < -0.3 is 15.4 Å². The SMILES string of the molecule is CN=C(NCc1cccc(-c2ncn[nH]2)c1)NCc1ccccc1OC(F)(F)F.I. The Kier molecular flexibility index (Phi) is 8.45. The molecule has 0 unspecified atom stereocenters. The summed E-state index contributed by atoms with van der Waals surface area (Å²) in [4.78, 5) is 8.22. The fraction of sp³-hybridized carbons (Fsp3) is 0.211. The van der Waals surface area contributed by atoms with Crippen LogP contribution in [-0.2, 0) is 13.1 Å². The van der Waals surface area contributed by atoms with E-state index in [0.717, 1.165) is 11.1 Å². The molecular formula is C19H20F3IN6O. The second-order valence-electron chi connectivity index (χ2n) is 5.97. The van der Waals surface area contributed by atoms with Crippen molar-refractivity contribution in [2.75, 3.05) is 7.05 Å². The highest BCUT2D eigenvalue weighted by molar-refractivity contribution is 14.0. The monoisotopic (exact) mass is 532 g/mol. The number of hydrogen-bond donors (Lipinski definition) is 3. The standard InChI is InChI=1S/C19H19F3N6O.HI/c1-23-18(25-11-15-6-2-3-8-16(15)29-19(20,21)22)24-10-13-5-4-7-14(9-13)17-26-12-27-28-17;/h2-9,12H,10-11H2,1H3,(H2,23,24,25)(H,26,27,28);1H. The van der Waals surface area contributed by atoms with Crippen LogP contribution in [0.15, 0.2) is 59.9 Å². The first-order valence-corrected chi connectivity index (χ1v) is 8.67. The molecule has 7 nitrogen and oxygen atoms in total. The number of aromatic amines is 1. The summed E-state index contributed by atoms with van der Waals surface area (Å²) in [5.74, 6) is 0.857. The second kappa shape index (κ2) is 10.8. The number of aliphatic imine (C=N–C) groups is 1. The van der Waals surface area contributed by atoms with Gasteiger partial charge >= 0.3 is 6.36 Å². The highest BCUT2D eigenvalue weighted by Crippen LogP contribution is 2.26. The third-order valence-corrected chi connectivity index (χ3v) is 3.94. The van der Waals surface area contributed by atoms with Crippen molar-refractivity contribution in [1.82, 2.24) is 25.8 Å². The van der Waals surface area contributed by atoms with Crippen LogP contribution in [0.25, 0.3) is 11.4 Å². The summed E-state index contributed by atoms with van der Waals surface area (Å²) >= 11 is 0. The zero-order chi connectivity index (χ0) is 20.7. The van der Waals surface area contributed by atoms with Crippen molar-refractivity contribution >= 4 is 29.9 Å². The van der Waals surface area contributed by atoms with Crippen molar-refractivity contribution < 1.29 is 17.9 Å². The van der Waals surface area contributed by atoms with E-state index in [4.69, 9.17) is 0 Å². The molecule has 3 rings (SSSR count). The van der Waals surface area contributed by atoms with Crippen molar-refractivity contribution in [2.24, 2.45) is 4.99 Å². The molecule has 1 aromatic heterocycles. The topological polar surface area (TPSA) is 87.2 Å². The highest BCUT2D eigenvalue weighted by atomic mass is 127. The van der Waals surface area contributed by atoms with E-state index in [9.17, 15) is 13.2 Å². The van der Waals surface area contributed by atoms with Crippen LogP contribution in [0.1, 0.15) is 11.1 Å². The van der Waals surface area contributed by atoms with Crippen LogP contribution in [0.2, 0.25) is 0 Å². The molecular weight excluding hydrogens is 512 g/mol. The van der Waals surface area contributed by atoms with Crippen LogP contribution >= 0.6 is 24.0 Å². The van der Waals surface area contributed by atoms with E-state index in [-0.39, 0.29) is 36.3 Å². The average molecular weight is 532 g/mol. The summed E-state index contributed by atoms with van der Waals surface area (Å²) in [5.41, 5.74) is 2.23. The first-order chi connectivity index (χ1) is 13.9. The Labute approximate surface area is 188 Å². The molecule has 1 heterocycles. The minimum absolute atomic E-state index is 0. The number of alkyl halides is 3. The van der Waals surface area contributed by atoms with Gasteiger partial charge in [-0.25, -0.2) is 4.98 Å². The fourth-order valence-corrected chi connectivity index (χ4v) is 2.63. The van der Waals surface area contributed by atoms with Crippen molar-refractivity contribution in [3.8, 4) is 17.1 Å². The fourth-order valence-electron chi connectivity index (χ4n) is 2.63. The van der Waals surface area contributed by atoms with Gasteiger partial charge in [0, 0.05) is 31.3 Å². The molecule has 0 saturated carbocycles. The van der Waals surface area contributed by atoms with Gasteiger partial charge in [-0.05, 0) is 17.7 Å². The summed E-state index contributed by atoms with van der Waals surface area (Å²) < 4.78 is 41.7. The molecule has 0 saturated heterocycles. The van der Waals surface area contributed by atoms with E-state index in [1.807, 2.05) is 24.3 Å². The van der Waals surface area contributed by atoms with E-state index < -0.39 is 6.36 Å². The molecule has 0 radical (unpaired) electrons. The molecule has 0 spiro atoms. The predicted octanol–water partition coefficient (Wildman–Crippen LogP) is 3.85. The predicted molar refractivity (Wildman–Crippen MR) is 117 cm³/mol. The van der Waals surface area contributed by atoms with Gasteiger partial charge in [-0.3, -0.25) is 10.1 Å². The Morgan fingerprint density at radius 3 is 2.57 bits per heavy atom. The van der Waals surface area contributed by atoms with E-state index in [1.165, 1.54) is 18.5 Å². The van der Waals surface area contributed by atoms with Gasteiger partial charge in [0.25, 0.3) is 0 Å². The molecule has 0 atom stereocenters. The van der Waals surface area contributed by atoms with Gasteiger partial charge in [0.1, 0.15) is 12.1 Å². The van der Waals surface area contributed by atoms with Crippen LogP contribution in [0, 0.1) is 0 Å². The molecule has 0 aliphatic carbocycles. The third-order valence-electron chi connectivity index (χ3n) is 3.94. The quantitative estimate of drug-likeness (QED) is 0.255. The van der Waals surface area contributed by atoms with E-state index in [2.05, 4.69) is 35.5 Å². The minimum Gasteiger partial charge on any atom is -0.405 e. The molecule has 3 aromatic rings. The molecule has 160 valence electrons. The van der Waals surface area contributed by atoms with Crippen LogP contribution < -0.4 is 15.4 Å². The number of nitrogens with zero attached hydrogens (tertiary/aromatic N) is 3. The van der Waals surface area contributed by atoms with Gasteiger partial charge in [0.05, 0.1) is 0 Å². The number of halogens is 4. The number of hydrogen-bond acceptors (Lipinski definition) is 4. The normalized spacial score (nSPS) is 11.5. The lowest BCUT2D eigenvalue weighted by Gasteiger charge is -2.15. The summed E-state index contributed by atoms with van der Waals surface area (Å²) in [6.45, 7) is 0.576. The van der Waals surface area contributed by atoms with Crippen LogP contribution in [-0.4, -0.2) is 34.6 Å². The number of aromatic nitrogens is 3. The lowest BCUT2D eigenvalue weighted by atomic mass is 10.1. The number of para-hydroxylation sites is 1. The zero-order valence-electron chi connectivity index (χ0n) is 15.9. The minimum atomic E-state index is -4.75. The number of H-pyrrole nitrogens is 1. The molecule has 0 fully saturated rings. The smallest absolute Gasteiger partial charge is 0.405 e. The van der Waals surface area contributed by atoms with Gasteiger partial charge in [-0.2, -0.15) is 5.10 Å². The number of benzene rings is 2. The van der Waals surface area contributed by atoms with Crippen LogP contribution in [0.3, 0.4) is 0 Å². The van der Waals surface area contributed by atoms with E-state index in [0.29, 0.717) is 23.9 Å². The van der Waals surface area contributed by atoms with Crippen molar-refractivity contribution in [1.29, 1.82) is 0 Å². The molecule has 2 aromatic carbocycles. The maximum Gasteiger partial charge on any atom is 0.573 e. The van der Waals surface area contributed by atoms with Gasteiger partial charge in [0.2, 0.25) is 0 Å². The molecule has 0 aliphatic heterocycles. The van der Waals surface area contributed by atoms with Crippen LogP contribution in [0.4, 0.5) is 13.2 Å². The van der Waals surface area contributed by atoms with Crippen LogP contribution in [0.5, 0.6) is 5.75 Å². The summed E-state index contributed by atoms with van der Waals surface area (Å²) in [5, 5.41) is 12.8. The molecule has 0 amide bonds. The molecule has 30 heavy (non-hydrogen) atoms. The Balaban J connectivity index is 0.00000320. The van der Waals surface area contributed by atoms with Crippen molar-refractivity contribution in [2.45, 2.75) is 19.5 Å². The lowest BCUT2D eigenvalue weighted by molar-refractivity contribution is -0.274. The number of nitrogens with one attached hydrogen (secondary N) is 3. The van der Waals surface area contributed by atoms with Crippen molar-refractivity contribution in [3.05, 3.63) is 66.0 Å². The number of rotatable bonds is 6. The first-order valence-electron chi connectivity index (χ1n) is 8.67. The number of ether oxygens (including phenoxy) is 1. The second-order valence-corrected chi connectivity index (χ2v) is 5.97. The molecule has 11 heteroatoms. The Bertz CT molecular complexity index is 963. The summed E-state index contributed by atoms with van der Waals surface area (Å²) in [6.07, 6.45) is -3.31. The largest absolute Gasteiger partial charge is 0.573 e. The maximum absolute atomic E-state index is 12.5. The van der Waals surface area contributed by atoms with E-state index in [1.54, 1.807) is 19.2 Å². The Morgan fingerprint density at radius 1 is 1.10 bits per heavy atom. The van der Waals surface area contributed by atoms with E-state index >= 15 is 0 Å². The summed E-state index contributed by atoms with van der Waals surface area (Å²) in [6, 6.07) is 13.7. The Morgan fingerprint density at radius 2 is 1.87 bits per heavy atom. The molecule has 0 aliphatic rings. The summed E-state index contributed by atoms with van der Waals surface area (Å²) in [7, 11) is 1.58. The lowest BCUT2D eigenvalue weighted by Crippen LogP contribution is -2.36. The highest BCUT2D eigenvalue weighted by Gasteiger charge is 2.31. The van der Waals surface area contributed by atoms with Gasteiger partial charge in [-0.15, -0.1) is 37.1 Å².